The van der Waals surface area contributed by atoms with Gasteiger partial charge in [0.15, 0.2) is 10.8 Å². The van der Waals surface area contributed by atoms with E-state index in [1.165, 1.54) is 18.4 Å². The van der Waals surface area contributed by atoms with Crippen molar-refractivity contribution in [2.45, 2.75) is 5.03 Å². The Kier molecular flexibility index (Phi) is 2.80. The summed E-state index contributed by atoms with van der Waals surface area (Å²) < 4.78 is 27.2. The molecule has 2 aromatic rings. The van der Waals surface area contributed by atoms with Crippen LogP contribution in [0.3, 0.4) is 0 Å². The highest BCUT2D eigenvalue weighted by Crippen LogP contribution is 2.24. The number of pyridine rings is 1. The van der Waals surface area contributed by atoms with Crippen LogP contribution in [-0.4, -0.2) is 43.3 Å². The Bertz CT molecular complexity index is 645. The van der Waals surface area contributed by atoms with E-state index in [2.05, 4.69) is 10.3 Å². The third-order valence-electron chi connectivity index (χ3n) is 2.45. The minimum absolute atomic E-state index is 0.153. The summed E-state index contributed by atoms with van der Waals surface area (Å²) in [6.07, 6.45) is 1.68. The first-order valence-corrected chi connectivity index (χ1v) is 6.50. The predicted octanol–water partition coefficient (Wildman–Crippen LogP) is 0.626. The first kappa shape index (κ1) is 11.9. The summed E-state index contributed by atoms with van der Waals surface area (Å²) in [5.74, 6) is 0.352. The quantitative estimate of drug-likeness (QED) is 0.872. The van der Waals surface area contributed by atoms with Crippen LogP contribution in [0, 0.1) is 0 Å². The van der Waals surface area contributed by atoms with E-state index in [9.17, 15) is 8.42 Å². The lowest BCUT2D eigenvalue weighted by molar-refractivity contribution is 0.516. The maximum Gasteiger partial charge on any atom is 0.262 e. The largest absolute Gasteiger partial charge is 0.371 e. The smallest absolute Gasteiger partial charge is 0.262 e. The summed E-state index contributed by atoms with van der Waals surface area (Å²) in [6.45, 7) is 0. The normalized spacial score (nSPS) is 12.2. The molecule has 1 N–H and O–H groups in total. The fraction of sp³-hybridized carbons (Fsp3) is 0.300. The van der Waals surface area contributed by atoms with Crippen LogP contribution >= 0.6 is 0 Å². The van der Waals surface area contributed by atoms with Crippen molar-refractivity contribution in [1.29, 1.82) is 0 Å². The Morgan fingerprint density at radius 2 is 2.06 bits per heavy atom. The average molecular weight is 254 g/mol. The number of fused-ring (bicyclic) bond motifs is 1. The fourth-order valence-electron chi connectivity index (χ4n) is 1.56. The zero-order chi connectivity index (χ0) is 12.6. The molecule has 2 rings (SSSR count). The number of aromatic nitrogens is 2. The van der Waals surface area contributed by atoms with Crippen molar-refractivity contribution in [3.05, 3.63) is 24.4 Å². The minimum Gasteiger partial charge on any atom is -0.371 e. The van der Waals surface area contributed by atoms with Crippen LogP contribution < -0.4 is 5.32 Å². The summed E-state index contributed by atoms with van der Waals surface area (Å²) >= 11 is 0. The monoisotopic (exact) mass is 254 g/mol. The van der Waals surface area contributed by atoms with Crippen LogP contribution in [0.1, 0.15) is 0 Å². The van der Waals surface area contributed by atoms with Crippen LogP contribution in [-0.2, 0) is 10.0 Å². The summed E-state index contributed by atoms with van der Waals surface area (Å²) in [6, 6.07) is 5.34. The van der Waals surface area contributed by atoms with E-state index < -0.39 is 10.0 Å². The molecule has 0 amide bonds. The molecular formula is C10H14N4O2S. The molecule has 0 saturated heterocycles. The molecule has 2 heterocycles. The summed E-state index contributed by atoms with van der Waals surface area (Å²) in [4.78, 5) is 4.23. The van der Waals surface area contributed by atoms with Gasteiger partial charge in [0.25, 0.3) is 10.0 Å². The lowest BCUT2D eigenvalue weighted by atomic mass is 10.5. The lowest BCUT2D eigenvalue weighted by Gasteiger charge is -2.12. The molecule has 2 aromatic heterocycles. The van der Waals surface area contributed by atoms with Gasteiger partial charge in [0.05, 0.1) is 0 Å². The number of nitrogens with zero attached hydrogens (tertiary/aromatic N) is 3. The van der Waals surface area contributed by atoms with Gasteiger partial charge in [0, 0.05) is 27.3 Å². The van der Waals surface area contributed by atoms with E-state index >= 15 is 0 Å². The number of hydrogen-bond acceptors (Lipinski definition) is 4. The second kappa shape index (κ2) is 4.01. The number of hydrogen-bond donors (Lipinski definition) is 1. The van der Waals surface area contributed by atoms with Gasteiger partial charge in [-0.05, 0) is 12.1 Å². The van der Waals surface area contributed by atoms with E-state index in [0.29, 0.717) is 11.5 Å². The average Bonchev–Trinajstić information content (AvgIpc) is 2.67. The highest BCUT2D eigenvalue weighted by molar-refractivity contribution is 7.89. The zero-order valence-electron chi connectivity index (χ0n) is 9.88. The number of sulfonamides is 1. The fourth-order valence-corrected chi connectivity index (χ4v) is 2.70. The Hall–Kier alpha value is -1.60. The van der Waals surface area contributed by atoms with Crippen molar-refractivity contribution in [2.24, 2.45) is 0 Å². The molecule has 0 spiro atoms. The molecule has 0 aliphatic heterocycles. The molecule has 0 radical (unpaired) electrons. The second-order valence-electron chi connectivity index (χ2n) is 3.73. The van der Waals surface area contributed by atoms with Gasteiger partial charge in [-0.2, -0.15) is 0 Å². The zero-order valence-corrected chi connectivity index (χ0v) is 10.7. The molecule has 0 saturated carbocycles. The topological polar surface area (TPSA) is 66.7 Å². The molecule has 6 nitrogen and oxygen atoms in total. The Labute approximate surface area is 99.9 Å². The molecule has 0 unspecified atom stereocenters. The molecule has 0 atom stereocenters. The third-order valence-corrected chi connectivity index (χ3v) is 4.29. The van der Waals surface area contributed by atoms with Gasteiger partial charge in [-0.15, -0.1) is 0 Å². The van der Waals surface area contributed by atoms with E-state index in [1.807, 2.05) is 6.07 Å². The van der Waals surface area contributed by atoms with Gasteiger partial charge >= 0.3 is 0 Å². The van der Waals surface area contributed by atoms with Crippen LogP contribution in [0.25, 0.3) is 5.65 Å². The molecule has 0 aromatic carbocycles. The summed E-state index contributed by atoms with van der Waals surface area (Å²) in [5.41, 5.74) is 0.595. The van der Waals surface area contributed by atoms with Gasteiger partial charge in [0.2, 0.25) is 0 Å². The van der Waals surface area contributed by atoms with Crippen molar-refractivity contribution >= 4 is 21.5 Å². The molecule has 0 aliphatic rings. The van der Waals surface area contributed by atoms with Crippen molar-refractivity contribution in [2.75, 3.05) is 26.5 Å². The number of nitrogens with one attached hydrogen (secondary N) is 1. The minimum atomic E-state index is -3.53. The SMILES string of the molecule is CNc1nc2ccccn2c1S(=O)(=O)N(C)C. The number of imidazole rings is 1. The van der Waals surface area contributed by atoms with Crippen LogP contribution in [0.2, 0.25) is 0 Å². The van der Waals surface area contributed by atoms with Crippen LogP contribution in [0.4, 0.5) is 5.82 Å². The van der Waals surface area contributed by atoms with Gasteiger partial charge < -0.3 is 5.32 Å². The molecular weight excluding hydrogens is 240 g/mol. The first-order valence-electron chi connectivity index (χ1n) is 5.06. The summed E-state index contributed by atoms with van der Waals surface area (Å²) in [7, 11) is 1.11. The second-order valence-corrected chi connectivity index (χ2v) is 5.80. The van der Waals surface area contributed by atoms with Gasteiger partial charge in [-0.1, -0.05) is 6.07 Å². The Morgan fingerprint density at radius 3 is 2.65 bits per heavy atom. The maximum atomic E-state index is 12.2. The number of rotatable bonds is 3. The van der Waals surface area contributed by atoms with E-state index in [1.54, 1.807) is 29.8 Å². The standard InChI is InChI=1S/C10H14N4O2S/c1-11-9-10(17(15,16)13(2)3)14-7-5-4-6-8(14)12-9/h4-7,11H,1-3H3. The van der Waals surface area contributed by atoms with Crippen molar-refractivity contribution in [3.63, 3.8) is 0 Å². The lowest BCUT2D eigenvalue weighted by Crippen LogP contribution is -2.24. The highest BCUT2D eigenvalue weighted by Gasteiger charge is 2.26. The first-order chi connectivity index (χ1) is 7.98. The van der Waals surface area contributed by atoms with Crippen LogP contribution in [0.15, 0.2) is 29.4 Å². The molecule has 0 bridgehead atoms. The third kappa shape index (κ3) is 1.77. The summed E-state index contributed by atoms with van der Waals surface area (Å²) in [5, 5.41) is 2.96. The van der Waals surface area contributed by atoms with Gasteiger partial charge in [0.1, 0.15) is 5.65 Å². The Balaban J connectivity index is 2.84. The molecule has 17 heavy (non-hydrogen) atoms. The maximum absolute atomic E-state index is 12.2. The van der Waals surface area contributed by atoms with E-state index in [4.69, 9.17) is 0 Å². The molecule has 92 valence electrons. The predicted molar refractivity (Wildman–Crippen MR) is 65.6 cm³/mol. The molecule has 0 fully saturated rings. The van der Waals surface area contributed by atoms with Crippen molar-refractivity contribution < 1.29 is 8.42 Å². The molecule has 7 heteroatoms. The van der Waals surface area contributed by atoms with E-state index in [0.717, 1.165) is 0 Å². The Morgan fingerprint density at radius 1 is 1.35 bits per heavy atom. The van der Waals surface area contributed by atoms with Gasteiger partial charge in [-0.25, -0.2) is 17.7 Å². The number of anilines is 1. The molecule has 0 aliphatic carbocycles. The van der Waals surface area contributed by atoms with Crippen molar-refractivity contribution in [1.82, 2.24) is 13.7 Å². The highest BCUT2D eigenvalue weighted by atomic mass is 32.2. The van der Waals surface area contributed by atoms with Crippen molar-refractivity contribution in [3.8, 4) is 0 Å². The van der Waals surface area contributed by atoms with E-state index in [-0.39, 0.29) is 5.03 Å². The van der Waals surface area contributed by atoms with Gasteiger partial charge in [-0.3, -0.25) is 4.40 Å². The van der Waals surface area contributed by atoms with Crippen LogP contribution in [0.5, 0.6) is 0 Å².